The largest absolute Gasteiger partial charge is 0.358 e. The summed E-state index contributed by atoms with van der Waals surface area (Å²) in [5.41, 5.74) is 3.64. The molecule has 1 amide bonds. The number of amides is 1. The minimum Gasteiger partial charge on any atom is -0.358 e. The smallest absolute Gasteiger partial charge is 0.257 e. The van der Waals surface area contributed by atoms with Crippen molar-refractivity contribution < 1.29 is 9.53 Å². The van der Waals surface area contributed by atoms with Crippen LogP contribution >= 0.6 is 0 Å². The Labute approximate surface area is 98.2 Å². The number of rotatable bonds is 1. The third-order valence-corrected chi connectivity index (χ3v) is 2.88. The molecule has 0 bridgehead atoms. The standard InChI is InChI=1S/C12H11N3O2/c1-7-6-17-11(12(16)15-7)8-2-9-4-13-14-5-10(9)3-8/h2,4-5,11H,1,3,6H2,(H,15,16). The Morgan fingerprint density at radius 1 is 1.41 bits per heavy atom. The number of carbonyl (C=O) groups is 1. The lowest BCUT2D eigenvalue weighted by Crippen LogP contribution is -2.43. The molecule has 1 aromatic rings. The van der Waals surface area contributed by atoms with Gasteiger partial charge in [-0.3, -0.25) is 4.79 Å². The average molecular weight is 229 g/mol. The van der Waals surface area contributed by atoms with Crippen molar-refractivity contribution in [3.63, 3.8) is 0 Å². The Hall–Kier alpha value is -2.01. The van der Waals surface area contributed by atoms with Gasteiger partial charge in [0.1, 0.15) is 0 Å². The molecule has 1 aromatic heterocycles. The summed E-state index contributed by atoms with van der Waals surface area (Å²) >= 11 is 0. The highest BCUT2D eigenvalue weighted by atomic mass is 16.5. The first-order valence-electron chi connectivity index (χ1n) is 5.34. The number of hydrogen-bond donors (Lipinski definition) is 1. The van der Waals surface area contributed by atoms with Crippen LogP contribution < -0.4 is 5.32 Å². The Bertz CT molecular complexity index is 536. The van der Waals surface area contributed by atoms with Crippen molar-refractivity contribution in [2.45, 2.75) is 12.5 Å². The topological polar surface area (TPSA) is 64.1 Å². The summed E-state index contributed by atoms with van der Waals surface area (Å²) in [5, 5.41) is 10.3. The lowest BCUT2D eigenvalue weighted by atomic mass is 10.1. The predicted octanol–water partition coefficient (Wildman–Crippen LogP) is 0.445. The van der Waals surface area contributed by atoms with Gasteiger partial charge in [0, 0.05) is 5.70 Å². The minimum atomic E-state index is -0.520. The molecule has 1 fully saturated rings. The maximum absolute atomic E-state index is 11.8. The van der Waals surface area contributed by atoms with Gasteiger partial charge in [-0.2, -0.15) is 10.2 Å². The number of nitrogens with zero attached hydrogens (tertiary/aromatic N) is 2. The monoisotopic (exact) mass is 229 g/mol. The highest BCUT2D eigenvalue weighted by molar-refractivity contribution is 5.88. The summed E-state index contributed by atoms with van der Waals surface area (Å²) < 4.78 is 5.50. The number of carbonyl (C=O) groups excluding carboxylic acids is 1. The first-order valence-corrected chi connectivity index (χ1v) is 5.34. The van der Waals surface area contributed by atoms with Gasteiger partial charge < -0.3 is 10.1 Å². The van der Waals surface area contributed by atoms with Gasteiger partial charge in [-0.05, 0) is 23.1 Å². The normalized spacial score (nSPS) is 23.1. The lowest BCUT2D eigenvalue weighted by molar-refractivity contribution is -0.132. The molecule has 17 heavy (non-hydrogen) atoms. The molecule has 0 saturated carbocycles. The Morgan fingerprint density at radius 3 is 3.00 bits per heavy atom. The SMILES string of the molecule is C=C1COC(C2=Cc3cnncc3C2)C(=O)N1. The molecule has 0 radical (unpaired) electrons. The van der Waals surface area contributed by atoms with Gasteiger partial charge in [0.15, 0.2) is 6.10 Å². The van der Waals surface area contributed by atoms with Crippen LogP contribution in [0.1, 0.15) is 11.1 Å². The van der Waals surface area contributed by atoms with Crippen molar-refractivity contribution in [3.8, 4) is 0 Å². The van der Waals surface area contributed by atoms with Crippen molar-refractivity contribution in [2.75, 3.05) is 6.61 Å². The maximum Gasteiger partial charge on any atom is 0.257 e. The molecule has 1 unspecified atom stereocenters. The molecule has 1 aliphatic heterocycles. The quantitative estimate of drug-likeness (QED) is 0.759. The fourth-order valence-corrected chi connectivity index (χ4v) is 2.08. The molecule has 3 rings (SSSR count). The summed E-state index contributed by atoms with van der Waals surface area (Å²) in [7, 11) is 0. The van der Waals surface area contributed by atoms with Crippen LogP contribution in [0.3, 0.4) is 0 Å². The second-order valence-electron chi connectivity index (χ2n) is 4.15. The second kappa shape index (κ2) is 3.78. The zero-order valence-electron chi connectivity index (χ0n) is 9.14. The number of aromatic nitrogens is 2. The van der Waals surface area contributed by atoms with E-state index in [9.17, 15) is 4.79 Å². The van der Waals surface area contributed by atoms with E-state index in [0.717, 1.165) is 16.7 Å². The van der Waals surface area contributed by atoms with Crippen LogP contribution in [0.2, 0.25) is 0 Å². The lowest BCUT2D eigenvalue weighted by Gasteiger charge is -2.25. The van der Waals surface area contributed by atoms with Gasteiger partial charge in [-0.15, -0.1) is 0 Å². The zero-order valence-corrected chi connectivity index (χ0v) is 9.14. The summed E-state index contributed by atoms with van der Waals surface area (Å²) in [5.74, 6) is -0.152. The van der Waals surface area contributed by atoms with Crippen LogP contribution in [0.5, 0.6) is 0 Å². The Morgan fingerprint density at radius 2 is 2.24 bits per heavy atom. The van der Waals surface area contributed by atoms with E-state index in [-0.39, 0.29) is 5.91 Å². The molecule has 86 valence electrons. The Balaban J connectivity index is 1.84. The van der Waals surface area contributed by atoms with Gasteiger partial charge >= 0.3 is 0 Å². The number of ether oxygens (including phenoxy) is 1. The molecule has 2 heterocycles. The number of hydrogen-bond acceptors (Lipinski definition) is 4. The summed E-state index contributed by atoms with van der Waals surface area (Å²) in [4.78, 5) is 11.8. The van der Waals surface area contributed by atoms with Gasteiger partial charge in [-0.25, -0.2) is 0 Å². The van der Waals surface area contributed by atoms with E-state index in [1.807, 2.05) is 6.08 Å². The van der Waals surface area contributed by atoms with E-state index in [4.69, 9.17) is 4.74 Å². The van der Waals surface area contributed by atoms with Crippen LogP contribution in [0, 0.1) is 0 Å². The summed E-state index contributed by atoms with van der Waals surface area (Å²) in [6.45, 7) is 4.03. The second-order valence-corrected chi connectivity index (χ2v) is 4.15. The van der Waals surface area contributed by atoms with Crippen molar-refractivity contribution in [1.29, 1.82) is 0 Å². The molecule has 0 aromatic carbocycles. The number of nitrogens with one attached hydrogen (secondary N) is 1. The zero-order chi connectivity index (χ0) is 11.8. The van der Waals surface area contributed by atoms with Crippen molar-refractivity contribution in [1.82, 2.24) is 15.5 Å². The van der Waals surface area contributed by atoms with Crippen molar-refractivity contribution in [2.24, 2.45) is 0 Å². The van der Waals surface area contributed by atoms with Crippen molar-refractivity contribution in [3.05, 3.63) is 41.4 Å². The molecular weight excluding hydrogens is 218 g/mol. The molecule has 2 aliphatic rings. The highest BCUT2D eigenvalue weighted by Crippen LogP contribution is 2.27. The summed E-state index contributed by atoms with van der Waals surface area (Å²) in [6.07, 6.45) is 5.53. The predicted molar refractivity (Wildman–Crippen MR) is 60.7 cm³/mol. The fraction of sp³-hybridized carbons (Fsp3) is 0.250. The Kier molecular flexibility index (Phi) is 2.26. The van der Waals surface area contributed by atoms with Gasteiger partial charge in [0.2, 0.25) is 0 Å². The minimum absolute atomic E-state index is 0.152. The molecule has 1 saturated heterocycles. The van der Waals surface area contributed by atoms with Gasteiger partial charge in [0.25, 0.3) is 5.91 Å². The van der Waals surface area contributed by atoms with E-state index in [0.29, 0.717) is 18.7 Å². The first-order chi connectivity index (χ1) is 8.24. The van der Waals surface area contributed by atoms with E-state index in [2.05, 4.69) is 22.1 Å². The van der Waals surface area contributed by atoms with Crippen LogP contribution in [0.25, 0.3) is 6.08 Å². The van der Waals surface area contributed by atoms with Crippen LogP contribution in [0.4, 0.5) is 0 Å². The third kappa shape index (κ3) is 1.74. The van der Waals surface area contributed by atoms with E-state index in [1.54, 1.807) is 12.4 Å². The van der Waals surface area contributed by atoms with E-state index in [1.165, 1.54) is 0 Å². The molecule has 1 N–H and O–H groups in total. The molecule has 0 spiro atoms. The van der Waals surface area contributed by atoms with Crippen LogP contribution in [0.15, 0.2) is 30.2 Å². The number of morpholine rings is 1. The van der Waals surface area contributed by atoms with E-state index >= 15 is 0 Å². The molecular formula is C12H11N3O2. The van der Waals surface area contributed by atoms with Gasteiger partial charge in [-0.1, -0.05) is 12.7 Å². The molecule has 5 heteroatoms. The van der Waals surface area contributed by atoms with Crippen molar-refractivity contribution >= 4 is 12.0 Å². The number of fused-ring (bicyclic) bond motifs is 1. The molecule has 5 nitrogen and oxygen atoms in total. The van der Waals surface area contributed by atoms with Crippen LogP contribution in [-0.4, -0.2) is 28.8 Å². The van der Waals surface area contributed by atoms with E-state index < -0.39 is 6.10 Å². The average Bonchev–Trinajstić information content (AvgIpc) is 2.72. The van der Waals surface area contributed by atoms with Gasteiger partial charge in [0.05, 0.1) is 19.0 Å². The molecule has 1 atom stereocenters. The summed E-state index contributed by atoms with van der Waals surface area (Å²) in [6, 6.07) is 0. The highest BCUT2D eigenvalue weighted by Gasteiger charge is 2.30. The first kappa shape index (κ1) is 10.2. The fourth-order valence-electron chi connectivity index (χ4n) is 2.08. The maximum atomic E-state index is 11.8. The van der Waals surface area contributed by atoms with Crippen LogP contribution in [-0.2, 0) is 16.0 Å². The third-order valence-electron chi connectivity index (χ3n) is 2.88. The molecule has 1 aliphatic carbocycles.